The van der Waals surface area contributed by atoms with Gasteiger partial charge in [-0.1, -0.05) is 30.3 Å². The zero-order valence-electron chi connectivity index (χ0n) is 15.7. The zero-order chi connectivity index (χ0) is 20.1. The first-order valence-corrected chi connectivity index (χ1v) is 8.29. The lowest BCUT2D eigenvalue weighted by Gasteiger charge is -2.08. The van der Waals surface area contributed by atoms with Gasteiger partial charge in [0.1, 0.15) is 18.3 Å². The third-order valence-electron chi connectivity index (χ3n) is 3.43. The largest absolute Gasteiger partial charge is 0.457 e. The van der Waals surface area contributed by atoms with Crippen molar-refractivity contribution in [2.75, 3.05) is 18.6 Å². The van der Waals surface area contributed by atoms with Crippen LogP contribution >= 0.6 is 0 Å². The molecule has 3 aromatic rings. The number of hydrogen-bond acceptors (Lipinski definition) is 5. The molecule has 27 heavy (non-hydrogen) atoms. The maximum absolute atomic E-state index is 8.00. The summed E-state index contributed by atoms with van der Waals surface area (Å²) in [6, 6.07) is 23.0. The van der Waals surface area contributed by atoms with E-state index in [0.29, 0.717) is 6.61 Å². The number of aryl methyl sites for hydroxylation is 1. The zero-order valence-corrected chi connectivity index (χ0v) is 15.7. The highest BCUT2D eigenvalue weighted by Gasteiger charge is 2.00. The smallest absolute Gasteiger partial charge is 0.130 e. The summed E-state index contributed by atoms with van der Waals surface area (Å²) in [7, 11) is 1.67. The molecule has 3 rings (SSSR count). The molecule has 0 aliphatic carbocycles. The average molecular weight is 366 g/mol. The van der Waals surface area contributed by atoms with Crippen molar-refractivity contribution in [2.45, 2.75) is 13.5 Å². The molecule has 0 saturated heterocycles. The molecule has 0 spiro atoms. The van der Waals surface area contributed by atoms with E-state index in [1.807, 2.05) is 86.5 Å². The van der Waals surface area contributed by atoms with Gasteiger partial charge in [-0.05, 0) is 60.5 Å². The Bertz CT molecular complexity index is 808. The van der Waals surface area contributed by atoms with Crippen LogP contribution in [0.15, 0.2) is 72.8 Å². The second-order valence-electron chi connectivity index (χ2n) is 5.62. The van der Waals surface area contributed by atoms with Gasteiger partial charge in [0.2, 0.25) is 0 Å². The molecular formula is C22H26N2O3. The van der Waals surface area contributed by atoms with Gasteiger partial charge >= 0.3 is 0 Å². The van der Waals surface area contributed by atoms with Crippen LogP contribution in [-0.2, 0) is 16.1 Å². The van der Waals surface area contributed by atoms with Crippen LogP contribution in [0.25, 0.3) is 0 Å². The van der Waals surface area contributed by atoms with Gasteiger partial charge in [-0.25, -0.2) is 0 Å². The molecule has 0 aromatic heterocycles. The van der Waals surface area contributed by atoms with Crippen LogP contribution in [0.3, 0.4) is 0 Å². The monoisotopic (exact) mass is 366 g/mol. The Hall–Kier alpha value is -3.31. The molecule has 0 unspecified atom stereocenters. The van der Waals surface area contributed by atoms with Crippen LogP contribution in [0.1, 0.15) is 11.1 Å². The molecule has 0 radical (unpaired) electrons. The highest BCUT2D eigenvalue weighted by Crippen LogP contribution is 2.25. The average Bonchev–Trinajstić information content (AvgIpc) is 2.67. The standard InChI is InChI=1S/C13H13NO.C8H11NO.CH2O/c1-10-9-11(14)7-8-13(10)15-12-5-3-2-4-6-12;1-10-6-7-3-2-4-8(9)5-7;1-2/h2-9H,14H2,1H3;2-5H,6,9H2,1H3;1H2. The van der Waals surface area contributed by atoms with Crippen molar-refractivity contribution in [3.8, 4) is 11.5 Å². The van der Waals surface area contributed by atoms with Crippen molar-refractivity contribution in [2.24, 2.45) is 0 Å². The molecule has 0 heterocycles. The minimum absolute atomic E-state index is 0.630. The maximum Gasteiger partial charge on any atom is 0.130 e. The van der Waals surface area contributed by atoms with E-state index in [9.17, 15) is 0 Å². The van der Waals surface area contributed by atoms with Gasteiger partial charge in [0.25, 0.3) is 0 Å². The molecule has 4 N–H and O–H groups in total. The summed E-state index contributed by atoms with van der Waals surface area (Å²) in [6.45, 7) is 4.61. The highest BCUT2D eigenvalue weighted by atomic mass is 16.5. The Labute approximate surface area is 160 Å². The molecule has 0 atom stereocenters. The predicted octanol–water partition coefficient (Wildman–Crippen LogP) is 4.60. The summed E-state index contributed by atoms with van der Waals surface area (Å²) in [5, 5.41) is 0. The van der Waals surface area contributed by atoms with Crippen LogP contribution in [-0.4, -0.2) is 13.9 Å². The first-order chi connectivity index (χ1) is 13.1. The van der Waals surface area contributed by atoms with Gasteiger partial charge in [0, 0.05) is 18.5 Å². The molecule has 142 valence electrons. The number of carbonyl (C=O) groups is 1. The van der Waals surface area contributed by atoms with Crippen LogP contribution in [0.4, 0.5) is 11.4 Å². The lowest BCUT2D eigenvalue weighted by Crippen LogP contribution is -1.90. The van der Waals surface area contributed by atoms with Crippen molar-refractivity contribution in [3.63, 3.8) is 0 Å². The SMILES string of the molecule is C=O.COCc1cccc(N)c1.Cc1cc(N)ccc1Oc1ccccc1. The predicted molar refractivity (Wildman–Crippen MR) is 111 cm³/mol. The number of ether oxygens (including phenoxy) is 2. The fraction of sp³-hybridized carbons (Fsp3) is 0.136. The Morgan fingerprint density at radius 3 is 2.11 bits per heavy atom. The number of rotatable bonds is 4. The van der Waals surface area contributed by atoms with Crippen molar-refractivity contribution in [1.29, 1.82) is 0 Å². The lowest BCUT2D eigenvalue weighted by atomic mass is 10.2. The number of hydrogen-bond donors (Lipinski definition) is 2. The minimum atomic E-state index is 0.630. The van der Waals surface area contributed by atoms with Crippen molar-refractivity contribution < 1.29 is 14.3 Å². The molecule has 0 bridgehead atoms. The maximum atomic E-state index is 8.00. The summed E-state index contributed by atoms with van der Waals surface area (Å²) >= 11 is 0. The topological polar surface area (TPSA) is 87.6 Å². The summed E-state index contributed by atoms with van der Waals surface area (Å²) in [4.78, 5) is 8.00. The van der Waals surface area contributed by atoms with Crippen LogP contribution in [0.2, 0.25) is 0 Å². The molecule has 5 heteroatoms. The molecular weight excluding hydrogens is 340 g/mol. The van der Waals surface area contributed by atoms with Crippen molar-refractivity contribution in [1.82, 2.24) is 0 Å². The van der Waals surface area contributed by atoms with E-state index in [0.717, 1.165) is 34.0 Å². The fourth-order valence-electron chi connectivity index (χ4n) is 2.25. The van der Waals surface area contributed by atoms with Gasteiger partial charge in [-0.3, -0.25) is 0 Å². The Morgan fingerprint density at radius 1 is 0.852 bits per heavy atom. The van der Waals surface area contributed by atoms with E-state index in [-0.39, 0.29) is 0 Å². The summed E-state index contributed by atoms with van der Waals surface area (Å²) in [5.41, 5.74) is 14.9. The van der Waals surface area contributed by atoms with E-state index in [1.165, 1.54) is 0 Å². The van der Waals surface area contributed by atoms with E-state index in [2.05, 4.69) is 0 Å². The number of benzene rings is 3. The quantitative estimate of drug-likeness (QED) is 0.659. The normalized spacial score (nSPS) is 9.26. The molecule has 0 amide bonds. The van der Waals surface area contributed by atoms with Gasteiger partial charge in [-0.15, -0.1) is 0 Å². The number of anilines is 2. The van der Waals surface area contributed by atoms with E-state index in [4.69, 9.17) is 25.7 Å². The van der Waals surface area contributed by atoms with E-state index < -0.39 is 0 Å². The van der Waals surface area contributed by atoms with E-state index in [1.54, 1.807) is 7.11 Å². The molecule has 0 fully saturated rings. The van der Waals surface area contributed by atoms with Crippen LogP contribution in [0, 0.1) is 6.92 Å². The first-order valence-electron chi connectivity index (χ1n) is 8.29. The van der Waals surface area contributed by atoms with E-state index >= 15 is 0 Å². The fourth-order valence-corrected chi connectivity index (χ4v) is 2.25. The first kappa shape index (κ1) is 21.7. The second kappa shape index (κ2) is 12.1. The summed E-state index contributed by atoms with van der Waals surface area (Å²) < 4.78 is 10.6. The number of para-hydroxylation sites is 1. The third kappa shape index (κ3) is 8.07. The van der Waals surface area contributed by atoms with Crippen LogP contribution < -0.4 is 16.2 Å². The molecule has 0 saturated carbocycles. The number of nitrogen functional groups attached to an aromatic ring is 2. The van der Waals surface area contributed by atoms with Gasteiger partial charge < -0.3 is 25.7 Å². The van der Waals surface area contributed by atoms with Crippen molar-refractivity contribution >= 4 is 18.2 Å². The molecule has 3 aromatic carbocycles. The highest BCUT2D eigenvalue weighted by molar-refractivity contribution is 5.48. The van der Waals surface area contributed by atoms with Gasteiger partial charge in [0.15, 0.2) is 0 Å². The molecule has 0 aliphatic rings. The van der Waals surface area contributed by atoms with Gasteiger partial charge in [0.05, 0.1) is 6.61 Å². The summed E-state index contributed by atoms with van der Waals surface area (Å²) in [6.07, 6.45) is 0. The molecule has 5 nitrogen and oxygen atoms in total. The Balaban J connectivity index is 0.000000265. The second-order valence-corrected chi connectivity index (χ2v) is 5.62. The minimum Gasteiger partial charge on any atom is -0.457 e. The Morgan fingerprint density at radius 2 is 1.52 bits per heavy atom. The number of carbonyl (C=O) groups excluding carboxylic acids is 1. The molecule has 0 aliphatic heterocycles. The van der Waals surface area contributed by atoms with Gasteiger partial charge in [-0.2, -0.15) is 0 Å². The Kier molecular flexibility index (Phi) is 9.75. The van der Waals surface area contributed by atoms with Crippen molar-refractivity contribution in [3.05, 3.63) is 83.9 Å². The third-order valence-corrected chi connectivity index (χ3v) is 3.43. The van der Waals surface area contributed by atoms with Crippen LogP contribution in [0.5, 0.6) is 11.5 Å². The number of nitrogens with two attached hydrogens (primary N) is 2. The summed E-state index contributed by atoms with van der Waals surface area (Å²) in [5.74, 6) is 1.68. The lowest BCUT2D eigenvalue weighted by molar-refractivity contribution is -0.0979. The number of methoxy groups -OCH3 is 1.